The number of hydrogen-bond acceptors (Lipinski definition) is 4. The van der Waals surface area contributed by atoms with Crippen LogP contribution in [-0.2, 0) is 12.0 Å². The van der Waals surface area contributed by atoms with Crippen molar-refractivity contribution in [2.24, 2.45) is 5.10 Å². The maximum atomic E-state index is 13.8. The van der Waals surface area contributed by atoms with E-state index in [1.807, 2.05) is 45.0 Å². The zero-order chi connectivity index (χ0) is 24.5. The van der Waals surface area contributed by atoms with Crippen LogP contribution in [0, 0.1) is 5.82 Å². The molecule has 34 heavy (non-hydrogen) atoms. The van der Waals surface area contributed by atoms with Gasteiger partial charge >= 0.3 is 0 Å². The highest BCUT2D eigenvalue weighted by Gasteiger charge is 2.23. The first-order valence-electron chi connectivity index (χ1n) is 10.6. The Morgan fingerprint density at radius 1 is 1.09 bits per heavy atom. The normalized spacial score (nSPS) is 11.9. The molecule has 1 aromatic heterocycles. The quantitative estimate of drug-likeness (QED) is 0.241. The molecule has 0 unspecified atom stereocenters. The van der Waals surface area contributed by atoms with Crippen LogP contribution in [0.1, 0.15) is 37.7 Å². The molecule has 0 atom stereocenters. The fourth-order valence-corrected chi connectivity index (χ4v) is 4.22. The van der Waals surface area contributed by atoms with Gasteiger partial charge in [0, 0.05) is 15.5 Å². The molecular weight excluding hydrogens is 565 g/mol. The standard InChI is InChI=1S/C26H22Br2FN3O2/c1-26(2,3)25-31-22-10-9-18(27)13-19(22)24(33)32(25)30-14-16-8-11-23(20(28)12-16)34-15-17-6-4-5-7-21(17)29/h4-14H,15H2,1-3H3. The van der Waals surface area contributed by atoms with Gasteiger partial charge in [-0.2, -0.15) is 9.78 Å². The van der Waals surface area contributed by atoms with Crippen molar-refractivity contribution in [1.82, 2.24) is 9.66 Å². The molecule has 0 aliphatic rings. The van der Waals surface area contributed by atoms with E-state index in [1.54, 1.807) is 36.5 Å². The minimum atomic E-state index is -0.400. The highest BCUT2D eigenvalue weighted by molar-refractivity contribution is 9.10. The van der Waals surface area contributed by atoms with Gasteiger partial charge in [-0.15, -0.1) is 0 Å². The average Bonchev–Trinajstić information content (AvgIpc) is 2.78. The molecule has 3 aromatic carbocycles. The second kappa shape index (κ2) is 9.80. The Morgan fingerprint density at radius 2 is 1.85 bits per heavy atom. The molecule has 0 bridgehead atoms. The van der Waals surface area contributed by atoms with Gasteiger partial charge in [0.2, 0.25) is 0 Å². The minimum Gasteiger partial charge on any atom is -0.488 e. The van der Waals surface area contributed by atoms with E-state index >= 15 is 0 Å². The number of aromatic nitrogens is 2. The van der Waals surface area contributed by atoms with Gasteiger partial charge in [-0.3, -0.25) is 4.79 Å². The lowest BCUT2D eigenvalue weighted by Gasteiger charge is -2.20. The van der Waals surface area contributed by atoms with Crippen molar-refractivity contribution in [3.63, 3.8) is 0 Å². The van der Waals surface area contributed by atoms with Crippen LogP contribution in [0.15, 0.2) is 79.5 Å². The molecule has 0 aliphatic carbocycles. The molecule has 0 radical (unpaired) electrons. The van der Waals surface area contributed by atoms with Gasteiger partial charge in [-0.05, 0) is 64.0 Å². The van der Waals surface area contributed by atoms with Crippen LogP contribution in [-0.4, -0.2) is 15.9 Å². The molecule has 174 valence electrons. The predicted octanol–water partition coefficient (Wildman–Crippen LogP) is 6.82. The van der Waals surface area contributed by atoms with Crippen LogP contribution >= 0.6 is 31.9 Å². The monoisotopic (exact) mass is 585 g/mol. The van der Waals surface area contributed by atoms with Gasteiger partial charge in [-0.1, -0.05) is 54.9 Å². The van der Waals surface area contributed by atoms with E-state index in [1.165, 1.54) is 10.7 Å². The van der Waals surface area contributed by atoms with E-state index in [9.17, 15) is 9.18 Å². The summed E-state index contributed by atoms with van der Waals surface area (Å²) in [7, 11) is 0. The molecule has 0 fully saturated rings. The van der Waals surface area contributed by atoms with E-state index < -0.39 is 5.41 Å². The summed E-state index contributed by atoms with van der Waals surface area (Å²) >= 11 is 6.92. The van der Waals surface area contributed by atoms with Crippen LogP contribution in [0.25, 0.3) is 10.9 Å². The molecule has 4 rings (SSSR count). The summed E-state index contributed by atoms with van der Waals surface area (Å²) in [5.41, 5.74) is 1.22. The number of rotatable bonds is 5. The lowest BCUT2D eigenvalue weighted by molar-refractivity contribution is 0.298. The molecule has 0 aliphatic heterocycles. The lowest BCUT2D eigenvalue weighted by Crippen LogP contribution is -2.29. The largest absolute Gasteiger partial charge is 0.488 e. The Bertz CT molecular complexity index is 1460. The first kappa shape index (κ1) is 24.3. The van der Waals surface area contributed by atoms with E-state index in [2.05, 4.69) is 37.0 Å². The number of ether oxygens (including phenoxy) is 1. The number of hydrogen-bond donors (Lipinski definition) is 0. The number of nitrogens with zero attached hydrogens (tertiary/aromatic N) is 3. The molecule has 1 heterocycles. The summed E-state index contributed by atoms with van der Waals surface area (Å²) in [6, 6.07) is 17.4. The third-order valence-corrected chi connectivity index (χ3v) is 6.21. The Morgan fingerprint density at radius 3 is 2.56 bits per heavy atom. The van der Waals surface area contributed by atoms with Crippen molar-refractivity contribution in [3.8, 4) is 5.75 Å². The number of fused-ring (bicyclic) bond motifs is 1. The number of halogens is 3. The fourth-order valence-electron chi connectivity index (χ4n) is 3.35. The molecular formula is C26H22Br2FN3O2. The highest BCUT2D eigenvalue weighted by atomic mass is 79.9. The third kappa shape index (κ3) is 5.28. The van der Waals surface area contributed by atoms with Crippen molar-refractivity contribution in [3.05, 3.63) is 103 Å². The zero-order valence-electron chi connectivity index (χ0n) is 18.8. The van der Waals surface area contributed by atoms with E-state index in [-0.39, 0.29) is 18.0 Å². The van der Waals surface area contributed by atoms with Crippen LogP contribution in [0.2, 0.25) is 0 Å². The van der Waals surface area contributed by atoms with Gasteiger partial charge in [0.15, 0.2) is 0 Å². The van der Waals surface area contributed by atoms with Gasteiger partial charge in [0.05, 0.1) is 21.6 Å². The minimum absolute atomic E-state index is 0.112. The molecule has 0 amide bonds. The maximum Gasteiger partial charge on any atom is 0.282 e. The Kier molecular flexibility index (Phi) is 7.00. The van der Waals surface area contributed by atoms with Gasteiger partial charge in [0.1, 0.15) is 24.0 Å². The van der Waals surface area contributed by atoms with Gasteiger partial charge in [0.25, 0.3) is 5.56 Å². The average molecular weight is 587 g/mol. The van der Waals surface area contributed by atoms with Crippen LogP contribution in [0.4, 0.5) is 4.39 Å². The van der Waals surface area contributed by atoms with Crippen LogP contribution in [0.5, 0.6) is 5.75 Å². The predicted molar refractivity (Wildman–Crippen MR) is 140 cm³/mol. The summed E-state index contributed by atoms with van der Waals surface area (Å²) in [6.45, 7) is 6.08. The molecule has 8 heteroatoms. The molecule has 0 spiro atoms. The lowest BCUT2D eigenvalue weighted by atomic mass is 9.95. The molecule has 4 aromatic rings. The first-order chi connectivity index (χ1) is 16.1. The third-order valence-electron chi connectivity index (χ3n) is 5.10. The molecule has 0 saturated heterocycles. The molecule has 0 N–H and O–H groups in total. The molecule has 0 saturated carbocycles. The first-order valence-corrected chi connectivity index (χ1v) is 12.1. The van der Waals surface area contributed by atoms with Crippen molar-refractivity contribution in [1.29, 1.82) is 0 Å². The molecule has 5 nitrogen and oxygen atoms in total. The van der Waals surface area contributed by atoms with E-state index in [4.69, 9.17) is 9.72 Å². The van der Waals surface area contributed by atoms with Crippen molar-refractivity contribution < 1.29 is 9.13 Å². The van der Waals surface area contributed by atoms with Gasteiger partial charge in [-0.25, -0.2) is 9.37 Å². The smallest absolute Gasteiger partial charge is 0.282 e. The zero-order valence-corrected chi connectivity index (χ0v) is 22.0. The summed E-state index contributed by atoms with van der Waals surface area (Å²) in [6.07, 6.45) is 1.60. The van der Waals surface area contributed by atoms with Crippen LogP contribution in [0.3, 0.4) is 0 Å². The van der Waals surface area contributed by atoms with Crippen LogP contribution < -0.4 is 10.3 Å². The Hall–Kier alpha value is -2.84. The maximum absolute atomic E-state index is 13.8. The summed E-state index contributed by atoms with van der Waals surface area (Å²) in [5.74, 6) is 0.830. The fraction of sp³-hybridized carbons (Fsp3) is 0.192. The van der Waals surface area contributed by atoms with Crippen molar-refractivity contribution in [2.75, 3.05) is 0 Å². The second-order valence-corrected chi connectivity index (χ2v) is 10.5. The second-order valence-electron chi connectivity index (χ2n) is 8.78. The van der Waals surface area contributed by atoms with Crippen molar-refractivity contribution >= 4 is 49.0 Å². The number of benzene rings is 3. The summed E-state index contributed by atoms with van der Waals surface area (Å²) in [5, 5.41) is 4.97. The van der Waals surface area contributed by atoms with E-state index in [0.717, 1.165) is 10.0 Å². The Labute approximate surface area is 213 Å². The Balaban J connectivity index is 1.65. The van der Waals surface area contributed by atoms with Crippen molar-refractivity contribution in [2.45, 2.75) is 32.8 Å². The van der Waals surface area contributed by atoms with Gasteiger partial charge < -0.3 is 4.74 Å². The summed E-state index contributed by atoms with van der Waals surface area (Å²) < 4.78 is 22.4. The topological polar surface area (TPSA) is 56.5 Å². The SMILES string of the molecule is CC(C)(C)c1nc2ccc(Br)cc2c(=O)n1N=Cc1ccc(OCc2ccccc2F)c(Br)c1. The summed E-state index contributed by atoms with van der Waals surface area (Å²) in [4.78, 5) is 18.0. The van der Waals surface area contributed by atoms with E-state index in [0.29, 0.717) is 32.5 Å². The highest BCUT2D eigenvalue weighted by Crippen LogP contribution is 2.27.